The molecule has 3 atom stereocenters. The summed E-state index contributed by atoms with van der Waals surface area (Å²) in [5.41, 5.74) is 1.69. The molecule has 0 radical (unpaired) electrons. The Bertz CT molecular complexity index is 1400. The maximum atomic E-state index is 13.9. The van der Waals surface area contributed by atoms with Gasteiger partial charge in [0, 0.05) is 17.0 Å². The van der Waals surface area contributed by atoms with Crippen LogP contribution >= 0.6 is 11.3 Å². The number of fused-ring (bicyclic) bond motifs is 1. The molecule has 2 saturated heterocycles. The average molecular weight is 508 g/mol. The molecule has 36 heavy (non-hydrogen) atoms. The molecule has 11 heteroatoms. The zero-order valence-corrected chi connectivity index (χ0v) is 20.4. The molecule has 0 aliphatic carbocycles. The van der Waals surface area contributed by atoms with Gasteiger partial charge >= 0.3 is 5.97 Å². The number of thiophene rings is 1. The van der Waals surface area contributed by atoms with Crippen molar-refractivity contribution in [1.29, 1.82) is 0 Å². The number of nitro groups is 1. The molecule has 0 spiro atoms. The van der Waals surface area contributed by atoms with E-state index >= 15 is 0 Å². The summed E-state index contributed by atoms with van der Waals surface area (Å²) in [6.45, 7) is 3.52. The van der Waals surface area contributed by atoms with Crippen LogP contribution in [0.15, 0.2) is 54.6 Å². The number of carbonyl (C=O) groups is 3. The van der Waals surface area contributed by atoms with Gasteiger partial charge in [-0.25, -0.2) is 14.8 Å². The van der Waals surface area contributed by atoms with Gasteiger partial charge in [-0.3, -0.25) is 24.5 Å². The number of amides is 2. The molecule has 2 aromatic carbocycles. The van der Waals surface area contributed by atoms with Gasteiger partial charge in [0.15, 0.2) is 6.10 Å². The molecule has 3 aromatic rings. The predicted octanol–water partition coefficient (Wildman–Crippen LogP) is 4.11. The number of hydrogen-bond donors (Lipinski definition) is 0. The molecule has 2 amide bonds. The molecule has 0 N–H and O–H groups in total. The number of benzene rings is 2. The number of hydrogen-bond acceptors (Lipinski definition) is 9. The van der Waals surface area contributed by atoms with Crippen molar-refractivity contribution in [2.45, 2.75) is 26.0 Å². The van der Waals surface area contributed by atoms with Crippen molar-refractivity contribution in [2.75, 3.05) is 17.1 Å². The van der Waals surface area contributed by atoms with Crippen LogP contribution in [0.4, 0.5) is 16.4 Å². The second-order valence-corrected chi connectivity index (χ2v) is 9.68. The van der Waals surface area contributed by atoms with Crippen molar-refractivity contribution in [3.05, 3.63) is 86.3 Å². The van der Waals surface area contributed by atoms with Crippen molar-refractivity contribution in [2.24, 2.45) is 5.92 Å². The summed E-state index contributed by atoms with van der Waals surface area (Å²) in [6, 6.07) is 14.0. The molecule has 184 valence electrons. The number of aryl methyl sites for hydroxylation is 1. The average Bonchev–Trinajstić information content (AvgIpc) is 3.49. The number of rotatable bonds is 5. The summed E-state index contributed by atoms with van der Waals surface area (Å²) in [6.07, 6.45) is -1.17. The number of nitro benzene ring substituents is 1. The van der Waals surface area contributed by atoms with Crippen molar-refractivity contribution in [3.8, 4) is 0 Å². The van der Waals surface area contributed by atoms with E-state index in [0.29, 0.717) is 16.8 Å². The van der Waals surface area contributed by atoms with Crippen molar-refractivity contribution in [3.63, 3.8) is 0 Å². The van der Waals surface area contributed by atoms with Gasteiger partial charge in [0.05, 0.1) is 29.3 Å². The first-order valence-electron chi connectivity index (χ1n) is 11.1. The number of para-hydroxylation sites is 1. The van der Waals surface area contributed by atoms with E-state index in [1.807, 2.05) is 6.07 Å². The molecule has 2 aliphatic rings. The van der Waals surface area contributed by atoms with E-state index in [4.69, 9.17) is 9.57 Å². The third-order valence-electron chi connectivity index (χ3n) is 6.51. The van der Waals surface area contributed by atoms with Gasteiger partial charge in [0.1, 0.15) is 10.9 Å². The topological polar surface area (TPSA) is 119 Å². The Balaban J connectivity index is 1.63. The third-order valence-corrected chi connectivity index (χ3v) is 7.70. The first-order chi connectivity index (χ1) is 17.2. The Hall–Kier alpha value is -4.09. The van der Waals surface area contributed by atoms with Crippen LogP contribution in [0.3, 0.4) is 0 Å². The number of anilines is 2. The number of carbonyl (C=O) groups excluding carboxylic acids is 3. The highest BCUT2D eigenvalue weighted by Gasteiger charge is 2.61. The Morgan fingerprint density at radius 3 is 2.47 bits per heavy atom. The smallest absolute Gasteiger partial charge is 0.341 e. The van der Waals surface area contributed by atoms with Gasteiger partial charge in [0.2, 0.25) is 5.91 Å². The molecular formula is C25H21N3O7S. The highest BCUT2D eigenvalue weighted by atomic mass is 32.1. The van der Waals surface area contributed by atoms with Crippen LogP contribution in [0.1, 0.15) is 32.4 Å². The minimum Gasteiger partial charge on any atom is -0.465 e. The van der Waals surface area contributed by atoms with Gasteiger partial charge in [0.25, 0.3) is 11.6 Å². The van der Waals surface area contributed by atoms with Crippen LogP contribution in [0, 0.1) is 29.9 Å². The first-order valence-corrected chi connectivity index (χ1v) is 11.9. The minimum absolute atomic E-state index is 0.143. The Morgan fingerprint density at radius 1 is 1.08 bits per heavy atom. The molecule has 3 heterocycles. The maximum absolute atomic E-state index is 13.9. The summed E-state index contributed by atoms with van der Waals surface area (Å²) in [5.74, 6) is -2.80. The Morgan fingerprint density at radius 2 is 1.81 bits per heavy atom. The quantitative estimate of drug-likeness (QED) is 0.219. The van der Waals surface area contributed by atoms with Gasteiger partial charge < -0.3 is 4.74 Å². The summed E-state index contributed by atoms with van der Waals surface area (Å²) in [5, 5.41) is 13.1. The highest BCUT2D eigenvalue weighted by Crippen LogP contribution is 2.49. The number of hydroxylamine groups is 1. The summed E-state index contributed by atoms with van der Waals surface area (Å²) in [4.78, 5) is 58.8. The number of esters is 1. The van der Waals surface area contributed by atoms with Crippen LogP contribution in [0.2, 0.25) is 0 Å². The molecule has 0 saturated carbocycles. The lowest BCUT2D eigenvalue weighted by molar-refractivity contribution is -0.384. The van der Waals surface area contributed by atoms with Gasteiger partial charge in [-0.2, -0.15) is 0 Å². The molecular weight excluding hydrogens is 486 g/mol. The molecule has 10 nitrogen and oxygen atoms in total. The van der Waals surface area contributed by atoms with Crippen LogP contribution in [0.5, 0.6) is 0 Å². The lowest BCUT2D eigenvalue weighted by Crippen LogP contribution is -2.37. The number of non-ortho nitro benzene ring substituents is 1. The fraction of sp³-hybridized carbons (Fsp3) is 0.240. The van der Waals surface area contributed by atoms with Crippen LogP contribution in [-0.2, 0) is 19.2 Å². The van der Waals surface area contributed by atoms with Crippen molar-refractivity contribution < 1.29 is 28.9 Å². The van der Waals surface area contributed by atoms with Crippen molar-refractivity contribution >= 4 is 45.5 Å². The second-order valence-electron chi connectivity index (χ2n) is 8.48. The first kappa shape index (κ1) is 23.6. The van der Waals surface area contributed by atoms with E-state index in [-0.39, 0.29) is 16.3 Å². The normalized spacial score (nSPS) is 21.1. The highest BCUT2D eigenvalue weighted by molar-refractivity contribution is 7.17. The van der Waals surface area contributed by atoms with Gasteiger partial charge in [-0.05, 0) is 37.1 Å². The van der Waals surface area contributed by atoms with E-state index in [9.17, 15) is 24.5 Å². The van der Waals surface area contributed by atoms with E-state index in [1.165, 1.54) is 30.4 Å². The minimum atomic E-state index is -1.17. The Kier molecular flexibility index (Phi) is 5.81. The summed E-state index contributed by atoms with van der Waals surface area (Å²) >= 11 is 1.15. The van der Waals surface area contributed by atoms with Crippen LogP contribution in [-0.4, -0.2) is 35.9 Å². The Labute approximate surface area is 209 Å². The predicted molar refractivity (Wildman–Crippen MR) is 131 cm³/mol. The van der Waals surface area contributed by atoms with Gasteiger partial charge in [-0.15, -0.1) is 11.3 Å². The molecule has 5 rings (SSSR count). The van der Waals surface area contributed by atoms with E-state index < -0.39 is 40.8 Å². The summed E-state index contributed by atoms with van der Waals surface area (Å²) < 4.78 is 4.91. The van der Waals surface area contributed by atoms with Crippen LogP contribution in [0.25, 0.3) is 0 Å². The van der Waals surface area contributed by atoms with Gasteiger partial charge in [-0.1, -0.05) is 30.3 Å². The second kappa shape index (κ2) is 8.85. The molecule has 2 aliphatic heterocycles. The number of methoxy groups -OCH3 is 1. The van der Waals surface area contributed by atoms with Crippen LogP contribution < -0.4 is 9.96 Å². The maximum Gasteiger partial charge on any atom is 0.341 e. The largest absolute Gasteiger partial charge is 0.465 e. The SMILES string of the molecule is COC(=O)c1c(N2C(=O)[C@H]3[C@@H](ON(c4ccccc4)[C@H]3c3cccc([N+](=O)[O-])c3)C2=O)sc(C)c1C. The van der Waals surface area contributed by atoms with E-state index in [0.717, 1.165) is 21.1 Å². The third kappa shape index (κ3) is 3.55. The number of nitrogens with zero attached hydrogens (tertiary/aromatic N) is 3. The fourth-order valence-corrected chi connectivity index (χ4v) is 5.84. The number of imide groups is 1. The zero-order chi connectivity index (χ0) is 25.7. The molecule has 0 unspecified atom stereocenters. The molecule has 2 fully saturated rings. The molecule has 0 bridgehead atoms. The zero-order valence-electron chi connectivity index (χ0n) is 19.5. The number of ether oxygens (including phenoxy) is 1. The fourth-order valence-electron chi connectivity index (χ4n) is 4.68. The molecule has 1 aromatic heterocycles. The van der Waals surface area contributed by atoms with E-state index in [2.05, 4.69) is 0 Å². The van der Waals surface area contributed by atoms with Crippen molar-refractivity contribution in [1.82, 2.24) is 0 Å². The summed E-state index contributed by atoms with van der Waals surface area (Å²) in [7, 11) is 1.24. The monoisotopic (exact) mass is 507 g/mol. The van der Waals surface area contributed by atoms with E-state index in [1.54, 1.807) is 44.2 Å². The lowest BCUT2D eigenvalue weighted by Gasteiger charge is -2.28. The lowest BCUT2D eigenvalue weighted by atomic mass is 9.90. The standard InChI is InChI=1S/C25H21N3O7S/c1-13-14(2)36-24(18(13)25(31)34-3)26-22(29)19-20(15-8-7-11-17(12-15)28(32)33)27(35-21(19)23(26)30)16-9-5-4-6-10-16/h4-12,19-21H,1-3H3/t19-,20+,21-/m1/s1.